The van der Waals surface area contributed by atoms with E-state index in [1.54, 1.807) is 19.1 Å². The molecule has 180 valence electrons. The van der Waals surface area contributed by atoms with E-state index >= 15 is 0 Å². The Kier molecular flexibility index (Phi) is 7.80. The molecule has 2 fully saturated rings. The number of ether oxygens (including phenoxy) is 2. The van der Waals surface area contributed by atoms with Gasteiger partial charge < -0.3 is 19.3 Å². The number of anilines is 2. The van der Waals surface area contributed by atoms with E-state index in [2.05, 4.69) is 41.8 Å². The molecule has 0 aromatic heterocycles. The number of morpholine rings is 1. The molecule has 0 aliphatic carbocycles. The largest absolute Gasteiger partial charge is 0.496 e. The molecule has 2 aliphatic rings. The fourth-order valence-corrected chi connectivity index (χ4v) is 5.05. The first-order chi connectivity index (χ1) is 16.5. The van der Waals surface area contributed by atoms with E-state index in [0.717, 1.165) is 67.8 Å². The molecule has 2 aliphatic heterocycles. The number of nitrogens with zero attached hydrogens (tertiary/aromatic N) is 4. The van der Waals surface area contributed by atoms with E-state index in [4.69, 9.17) is 14.5 Å². The van der Waals surface area contributed by atoms with Crippen LogP contribution in [0, 0.1) is 0 Å². The van der Waals surface area contributed by atoms with Crippen LogP contribution >= 0.6 is 11.8 Å². The SMILES string of the molecule is CCN(CC)c1ccc(C=C2SC(=Nc3ccc(N4CCOCC4)cc3)N(C)C2=O)c(OC)c1. The van der Waals surface area contributed by atoms with Gasteiger partial charge in [0.25, 0.3) is 5.91 Å². The van der Waals surface area contributed by atoms with Gasteiger partial charge in [-0.05, 0) is 68.1 Å². The van der Waals surface area contributed by atoms with Crippen molar-refractivity contribution < 1.29 is 14.3 Å². The van der Waals surface area contributed by atoms with Crippen molar-refractivity contribution in [2.24, 2.45) is 4.99 Å². The van der Waals surface area contributed by atoms with Crippen LogP contribution in [0.25, 0.3) is 6.08 Å². The van der Waals surface area contributed by atoms with Crippen LogP contribution in [0.4, 0.5) is 17.1 Å². The van der Waals surface area contributed by atoms with Gasteiger partial charge in [0.2, 0.25) is 0 Å². The number of hydrogen-bond donors (Lipinski definition) is 0. The number of thioether (sulfide) groups is 1. The van der Waals surface area contributed by atoms with Gasteiger partial charge in [0.15, 0.2) is 5.17 Å². The zero-order valence-corrected chi connectivity index (χ0v) is 21.1. The minimum Gasteiger partial charge on any atom is -0.496 e. The quantitative estimate of drug-likeness (QED) is 0.540. The summed E-state index contributed by atoms with van der Waals surface area (Å²) in [6.07, 6.45) is 1.89. The fraction of sp³-hybridized carbons (Fsp3) is 0.385. The molecule has 2 heterocycles. The van der Waals surface area contributed by atoms with Crippen LogP contribution in [0.2, 0.25) is 0 Å². The molecular weight excluding hydrogens is 448 g/mol. The summed E-state index contributed by atoms with van der Waals surface area (Å²) in [5.74, 6) is 0.681. The molecule has 0 atom stereocenters. The number of aliphatic imine (C=N–C) groups is 1. The molecule has 0 saturated carbocycles. The number of amides is 1. The van der Waals surface area contributed by atoms with Crippen molar-refractivity contribution in [1.29, 1.82) is 0 Å². The first kappa shape index (κ1) is 24.2. The Morgan fingerprint density at radius 1 is 1.12 bits per heavy atom. The third kappa shape index (κ3) is 5.23. The van der Waals surface area contributed by atoms with E-state index in [1.165, 1.54) is 11.8 Å². The molecule has 7 nitrogen and oxygen atoms in total. The molecule has 1 amide bonds. The van der Waals surface area contributed by atoms with Crippen molar-refractivity contribution in [1.82, 2.24) is 4.90 Å². The Hall–Kier alpha value is -2.97. The standard InChI is InChI=1S/C26H32N4O3S/c1-5-29(6-2)22-10-7-19(23(18-22)32-4)17-24-25(31)28(3)26(34-24)27-20-8-11-21(12-9-20)30-13-15-33-16-14-30/h7-12,17-18H,5-6,13-16H2,1-4H3. The number of rotatable bonds is 7. The average molecular weight is 481 g/mol. The van der Waals surface area contributed by atoms with Crippen molar-refractivity contribution in [2.45, 2.75) is 13.8 Å². The molecule has 0 radical (unpaired) electrons. The topological polar surface area (TPSA) is 57.6 Å². The van der Waals surface area contributed by atoms with Crippen LogP contribution in [0.15, 0.2) is 52.4 Å². The minimum atomic E-state index is -0.0661. The molecule has 34 heavy (non-hydrogen) atoms. The summed E-state index contributed by atoms with van der Waals surface area (Å²) < 4.78 is 11.1. The summed E-state index contributed by atoms with van der Waals surface area (Å²) in [5, 5.41) is 0.661. The highest BCUT2D eigenvalue weighted by atomic mass is 32.2. The van der Waals surface area contributed by atoms with Crippen LogP contribution in [0.3, 0.4) is 0 Å². The van der Waals surface area contributed by atoms with Crippen LogP contribution in [-0.2, 0) is 9.53 Å². The Balaban J connectivity index is 1.53. The zero-order valence-electron chi connectivity index (χ0n) is 20.3. The lowest BCUT2D eigenvalue weighted by Gasteiger charge is -2.28. The lowest BCUT2D eigenvalue weighted by atomic mass is 10.1. The van der Waals surface area contributed by atoms with Crippen molar-refractivity contribution in [3.05, 3.63) is 52.9 Å². The van der Waals surface area contributed by atoms with Gasteiger partial charge >= 0.3 is 0 Å². The molecule has 8 heteroatoms. The summed E-state index contributed by atoms with van der Waals surface area (Å²) in [7, 11) is 3.42. The molecule has 0 unspecified atom stereocenters. The summed E-state index contributed by atoms with van der Waals surface area (Å²) in [4.78, 5) is 24.5. The lowest BCUT2D eigenvalue weighted by Crippen LogP contribution is -2.36. The van der Waals surface area contributed by atoms with Crippen molar-refractivity contribution >= 4 is 46.0 Å². The number of amidine groups is 1. The van der Waals surface area contributed by atoms with Crippen molar-refractivity contribution in [2.75, 3.05) is 63.4 Å². The normalized spacial score (nSPS) is 18.8. The second-order valence-corrected chi connectivity index (χ2v) is 9.09. The lowest BCUT2D eigenvalue weighted by molar-refractivity contribution is -0.121. The smallest absolute Gasteiger partial charge is 0.266 e. The van der Waals surface area contributed by atoms with Crippen LogP contribution in [0.5, 0.6) is 5.75 Å². The van der Waals surface area contributed by atoms with Crippen LogP contribution in [-0.4, -0.2) is 69.5 Å². The van der Waals surface area contributed by atoms with Gasteiger partial charge in [-0.25, -0.2) is 4.99 Å². The predicted molar refractivity (Wildman–Crippen MR) is 141 cm³/mol. The second-order valence-electron chi connectivity index (χ2n) is 8.08. The number of carbonyl (C=O) groups excluding carboxylic acids is 1. The van der Waals surface area contributed by atoms with Gasteiger partial charge in [-0.1, -0.05) is 0 Å². The minimum absolute atomic E-state index is 0.0661. The molecular formula is C26H32N4O3S. The van der Waals surface area contributed by atoms with E-state index < -0.39 is 0 Å². The maximum atomic E-state index is 12.9. The van der Waals surface area contributed by atoms with E-state index in [1.807, 2.05) is 30.3 Å². The van der Waals surface area contributed by atoms with E-state index in [0.29, 0.717) is 10.1 Å². The first-order valence-corrected chi connectivity index (χ1v) is 12.5. The Bertz CT molecular complexity index is 1070. The molecule has 0 spiro atoms. The second kappa shape index (κ2) is 11.0. The van der Waals surface area contributed by atoms with E-state index in [-0.39, 0.29) is 5.91 Å². The summed E-state index contributed by atoms with van der Waals surface area (Å²) in [5.41, 5.74) is 3.96. The van der Waals surface area contributed by atoms with Gasteiger partial charge in [-0.2, -0.15) is 0 Å². The highest BCUT2D eigenvalue weighted by Gasteiger charge is 2.30. The van der Waals surface area contributed by atoms with Gasteiger partial charge in [-0.15, -0.1) is 0 Å². The van der Waals surface area contributed by atoms with Gasteiger partial charge in [-0.3, -0.25) is 9.69 Å². The van der Waals surface area contributed by atoms with Gasteiger partial charge in [0.05, 0.1) is 30.9 Å². The maximum Gasteiger partial charge on any atom is 0.266 e. The number of methoxy groups -OCH3 is 1. The summed E-state index contributed by atoms with van der Waals surface area (Å²) >= 11 is 1.38. The van der Waals surface area contributed by atoms with Crippen LogP contribution in [0.1, 0.15) is 19.4 Å². The highest BCUT2D eigenvalue weighted by molar-refractivity contribution is 8.18. The highest BCUT2D eigenvalue weighted by Crippen LogP contribution is 2.36. The zero-order chi connectivity index (χ0) is 24.1. The third-order valence-electron chi connectivity index (χ3n) is 6.09. The average Bonchev–Trinajstić information content (AvgIpc) is 3.14. The fourth-order valence-electron chi connectivity index (χ4n) is 4.07. The summed E-state index contributed by atoms with van der Waals surface area (Å²) in [6.45, 7) is 9.42. The van der Waals surface area contributed by atoms with E-state index in [9.17, 15) is 4.79 Å². The Labute approximate surface area is 206 Å². The molecule has 0 N–H and O–H groups in total. The third-order valence-corrected chi connectivity index (χ3v) is 7.15. The molecule has 2 aromatic carbocycles. The van der Waals surface area contributed by atoms with Crippen molar-refractivity contribution in [3.8, 4) is 5.75 Å². The Morgan fingerprint density at radius 3 is 2.47 bits per heavy atom. The molecule has 2 aromatic rings. The Morgan fingerprint density at radius 2 is 1.82 bits per heavy atom. The number of likely N-dealkylation sites (N-methyl/N-ethyl adjacent to an activating group) is 1. The van der Waals surface area contributed by atoms with Gasteiger partial charge in [0.1, 0.15) is 5.75 Å². The number of benzene rings is 2. The summed E-state index contributed by atoms with van der Waals surface area (Å²) in [6, 6.07) is 14.2. The maximum absolute atomic E-state index is 12.9. The number of carbonyl (C=O) groups is 1. The first-order valence-electron chi connectivity index (χ1n) is 11.7. The predicted octanol–water partition coefficient (Wildman–Crippen LogP) is 4.61. The molecule has 0 bridgehead atoms. The molecule has 4 rings (SSSR count). The molecule has 2 saturated heterocycles. The van der Waals surface area contributed by atoms with Gasteiger partial charge in [0, 0.05) is 56.2 Å². The van der Waals surface area contributed by atoms with Crippen molar-refractivity contribution in [3.63, 3.8) is 0 Å². The van der Waals surface area contributed by atoms with Crippen LogP contribution < -0.4 is 14.5 Å². The monoisotopic (exact) mass is 480 g/mol. The number of hydrogen-bond acceptors (Lipinski definition) is 7.